The average Bonchev–Trinajstić information content (AvgIpc) is 2.46. The highest BCUT2D eigenvalue weighted by Crippen LogP contribution is 2.17. The summed E-state index contributed by atoms with van der Waals surface area (Å²) in [5.74, 6) is 0.667. The fourth-order valence-corrected chi connectivity index (χ4v) is 2.95. The van der Waals surface area contributed by atoms with Gasteiger partial charge in [0.2, 0.25) is 0 Å². The van der Waals surface area contributed by atoms with Crippen LogP contribution in [0.5, 0.6) is 0 Å². The van der Waals surface area contributed by atoms with E-state index >= 15 is 0 Å². The zero-order valence-corrected chi connectivity index (χ0v) is 13.5. The van der Waals surface area contributed by atoms with Crippen molar-refractivity contribution in [2.24, 2.45) is 10.7 Å². The standard InChI is InChI=1S/C17H35N3/c1-2-3-4-5-6-7-8-12-15-19-17(18)20-16-13-10-9-11-14-16/h16H,2-15H2,1H3,(H3,18,19,20). The van der Waals surface area contributed by atoms with Crippen LogP contribution in [-0.2, 0) is 0 Å². The second-order valence-corrected chi connectivity index (χ2v) is 6.22. The summed E-state index contributed by atoms with van der Waals surface area (Å²) >= 11 is 0. The molecule has 0 bridgehead atoms. The van der Waals surface area contributed by atoms with Crippen LogP contribution in [0, 0.1) is 0 Å². The van der Waals surface area contributed by atoms with E-state index in [0.29, 0.717) is 12.0 Å². The molecule has 3 heteroatoms. The van der Waals surface area contributed by atoms with Crippen LogP contribution in [0.25, 0.3) is 0 Å². The number of guanidine groups is 1. The smallest absolute Gasteiger partial charge is 0.188 e. The molecular weight excluding hydrogens is 246 g/mol. The molecule has 1 saturated carbocycles. The molecule has 3 nitrogen and oxygen atoms in total. The summed E-state index contributed by atoms with van der Waals surface area (Å²) < 4.78 is 0. The molecule has 1 aliphatic carbocycles. The molecule has 20 heavy (non-hydrogen) atoms. The van der Waals surface area contributed by atoms with Gasteiger partial charge in [0.15, 0.2) is 5.96 Å². The Morgan fingerprint density at radius 2 is 1.55 bits per heavy atom. The monoisotopic (exact) mass is 281 g/mol. The summed E-state index contributed by atoms with van der Waals surface area (Å²) in [4.78, 5) is 4.45. The van der Waals surface area contributed by atoms with Gasteiger partial charge in [-0.3, -0.25) is 4.99 Å². The van der Waals surface area contributed by atoms with Gasteiger partial charge < -0.3 is 11.1 Å². The van der Waals surface area contributed by atoms with E-state index in [1.807, 2.05) is 0 Å². The van der Waals surface area contributed by atoms with Crippen molar-refractivity contribution < 1.29 is 0 Å². The summed E-state index contributed by atoms with van der Waals surface area (Å²) in [7, 11) is 0. The first-order valence-electron chi connectivity index (χ1n) is 8.89. The SMILES string of the molecule is CCCCCCCCCCN=C(N)NC1CCCCC1. The lowest BCUT2D eigenvalue weighted by Gasteiger charge is -2.23. The molecule has 0 aromatic rings. The maximum absolute atomic E-state index is 5.94. The third-order valence-corrected chi connectivity index (χ3v) is 4.25. The molecule has 0 aliphatic heterocycles. The molecule has 0 spiro atoms. The number of nitrogens with zero attached hydrogens (tertiary/aromatic N) is 1. The summed E-state index contributed by atoms with van der Waals surface area (Å²) in [6.07, 6.45) is 17.3. The number of nitrogens with two attached hydrogens (primary N) is 1. The molecule has 0 saturated heterocycles. The average molecular weight is 281 g/mol. The summed E-state index contributed by atoms with van der Waals surface area (Å²) in [5.41, 5.74) is 5.94. The minimum atomic E-state index is 0.575. The van der Waals surface area contributed by atoms with Crippen LogP contribution in [-0.4, -0.2) is 18.5 Å². The third-order valence-electron chi connectivity index (χ3n) is 4.25. The quantitative estimate of drug-likeness (QED) is 0.355. The van der Waals surface area contributed by atoms with Crippen molar-refractivity contribution in [3.8, 4) is 0 Å². The molecule has 118 valence electrons. The molecule has 0 atom stereocenters. The fourth-order valence-electron chi connectivity index (χ4n) is 2.95. The van der Waals surface area contributed by atoms with Gasteiger partial charge in [0.1, 0.15) is 0 Å². The van der Waals surface area contributed by atoms with Gasteiger partial charge in [-0.25, -0.2) is 0 Å². The van der Waals surface area contributed by atoms with Crippen molar-refractivity contribution in [1.29, 1.82) is 0 Å². The Morgan fingerprint density at radius 3 is 2.20 bits per heavy atom. The Labute approximate surface area is 125 Å². The van der Waals surface area contributed by atoms with Gasteiger partial charge in [0.25, 0.3) is 0 Å². The van der Waals surface area contributed by atoms with E-state index in [2.05, 4.69) is 17.2 Å². The molecule has 0 aromatic heterocycles. The second kappa shape index (κ2) is 12.0. The highest BCUT2D eigenvalue weighted by molar-refractivity contribution is 5.78. The maximum Gasteiger partial charge on any atom is 0.188 e. The molecule has 0 aromatic carbocycles. The third kappa shape index (κ3) is 9.22. The van der Waals surface area contributed by atoms with Gasteiger partial charge >= 0.3 is 0 Å². The largest absolute Gasteiger partial charge is 0.370 e. The minimum Gasteiger partial charge on any atom is -0.370 e. The van der Waals surface area contributed by atoms with Crippen molar-refractivity contribution >= 4 is 5.96 Å². The van der Waals surface area contributed by atoms with Gasteiger partial charge in [-0.05, 0) is 19.3 Å². The number of nitrogens with one attached hydrogen (secondary N) is 1. The van der Waals surface area contributed by atoms with Gasteiger partial charge in [-0.15, -0.1) is 0 Å². The molecule has 0 radical (unpaired) electrons. The molecule has 3 N–H and O–H groups in total. The van der Waals surface area contributed by atoms with E-state index in [1.54, 1.807) is 0 Å². The van der Waals surface area contributed by atoms with Crippen LogP contribution in [0.3, 0.4) is 0 Å². The first-order valence-corrected chi connectivity index (χ1v) is 8.89. The fraction of sp³-hybridized carbons (Fsp3) is 0.941. The van der Waals surface area contributed by atoms with Crippen molar-refractivity contribution in [2.45, 2.75) is 96.4 Å². The van der Waals surface area contributed by atoms with Crippen LogP contribution < -0.4 is 11.1 Å². The number of rotatable bonds is 10. The highest BCUT2D eigenvalue weighted by atomic mass is 15.1. The van der Waals surface area contributed by atoms with Gasteiger partial charge in [-0.1, -0.05) is 71.1 Å². The van der Waals surface area contributed by atoms with Crippen LogP contribution in [0.1, 0.15) is 90.4 Å². The first-order chi connectivity index (χ1) is 9.83. The predicted octanol–water partition coefficient (Wildman–Crippen LogP) is 4.36. The molecule has 0 heterocycles. The molecule has 0 unspecified atom stereocenters. The van der Waals surface area contributed by atoms with Gasteiger partial charge in [0, 0.05) is 12.6 Å². The first kappa shape index (κ1) is 17.3. The Morgan fingerprint density at radius 1 is 0.950 bits per heavy atom. The maximum atomic E-state index is 5.94. The lowest BCUT2D eigenvalue weighted by Crippen LogP contribution is -2.41. The zero-order valence-electron chi connectivity index (χ0n) is 13.5. The van der Waals surface area contributed by atoms with Crippen LogP contribution in [0.4, 0.5) is 0 Å². The van der Waals surface area contributed by atoms with Gasteiger partial charge in [0.05, 0.1) is 0 Å². The number of unbranched alkanes of at least 4 members (excludes halogenated alkanes) is 7. The van der Waals surface area contributed by atoms with E-state index in [9.17, 15) is 0 Å². The lowest BCUT2D eigenvalue weighted by molar-refractivity contribution is 0.412. The Hall–Kier alpha value is -0.730. The normalized spacial score (nSPS) is 17.4. The van der Waals surface area contributed by atoms with E-state index in [1.165, 1.54) is 83.5 Å². The van der Waals surface area contributed by atoms with Crippen molar-refractivity contribution in [3.63, 3.8) is 0 Å². The summed E-state index contributed by atoms with van der Waals surface area (Å²) in [6, 6.07) is 0.575. The van der Waals surface area contributed by atoms with E-state index in [-0.39, 0.29) is 0 Å². The minimum absolute atomic E-state index is 0.575. The molecule has 1 fully saturated rings. The molecular formula is C17H35N3. The predicted molar refractivity (Wildman–Crippen MR) is 89.1 cm³/mol. The highest BCUT2D eigenvalue weighted by Gasteiger charge is 2.12. The van der Waals surface area contributed by atoms with Crippen molar-refractivity contribution in [3.05, 3.63) is 0 Å². The zero-order chi connectivity index (χ0) is 14.5. The van der Waals surface area contributed by atoms with E-state index in [0.717, 1.165) is 6.54 Å². The Kier molecular flexibility index (Phi) is 10.4. The molecule has 0 amide bonds. The second-order valence-electron chi connectivity index (χ2n) is 6.22. The van der Waals surface area contributed by atoms with Crippen LogP contribution >= 0.6 is 0 Å². The van der Waals surface area contributed by atoms with Crippen molar-refractivity contribution in [1.82, 2.24) is 5.32 Å². The summed E-state index contributed by atoms with van der Waals surface area (Å²) in [5, 5.41) is 3.37. The Balaban J connectivity index is 1.91. The Bertz CT molecular complexity index is 245. The van der Waals surface area contributed by atoms with E-state index in [4.69, 9.17) is 5.73 Å². The number of hydrogen-bond acceptors (Lipinski definition) is 1. The number of aliphatic imine (C=N–C) groups is 1. The lowest BCUT2D eigenvalue weighted by atomic mass is 9.96. The van der Waals surface area contributed by atoms with Crippen LogP contribution in [0.2, 0.25) is 0 Å². The molecule has 1 aliphatic rings. The topological polar surface area (TPSA) is 50.4 Å². The van der Waals surface area contributed by atoms with Gasteiger partial charge in [-0.2, -0.15) is 0 Å². The summed E-state index contributed by atoms with van der Waals surface area (Å²) in [6.45, 7) is 3.16. The molecule has 1 rings (SSSR count). The van der Waals surface area contributed by atoms with Crippen molar-refractivity contribution in [2.75, 3.05) is 6.54 Å². The van der Waals surface area contributed by atoms with E-state index < -0.39 is 0 Å². The number of hydrogen-bond donors (Lipinski definition) is 2. The van der Waals surface area contributed by atoms with Crippen LogP contribution in [0.15, 0.2) is 4.99 Å².